The molecule has 0 aromatic heterocycles. The van der Waals surface area contributed by atoms with E-state index in [9.17, 15) is 14.4 Å². The lowest BCUT2D eigenvalue weighted by atomic mass is 9.43. The lowest BCUT2D eigenvalue weighted by molar-refractivity contribution is -0.232. The van der Waals surface area contributed by atoms with Crippen LogP contribution < -0.4 is 0 Å². The van der Waals surface area contributed by atoms with E-state index in [1.807, 2.05) is 0 Å². The molecular weight excluding hydrogens is 332 g/mol. The summed E-state index contributed by atoms with van der Waals surface area (Å²) in [6.07, 6.45) is 3.66. The van der Waals surface area contributed by atoms with E-state index in [1.54, 1.807) is 0 Å². The first-order valence-corrected chi connectivity index (χ1v) is 10.4. The lowest BCUT2D eigenvalue weighted by Gasteiger charge is -2.60. The molecule has 1 spiro atoms. The van der Waals surface area contributed by atoms with Crippen LogP contribution in [0, 0.1) is 70.0 Å². The highest BCUT2D eigenvalue weighted by Gasteiger charge is 3.02. The highest BCUT2D eigenvalue weighted by molar-refractivity contribution is 5.98. The molecule has 9 fully saturated rings. The number of esters is 2. The maximum absolute atomic E-state index is 13.6. The maximum atomic E-state index is 13.6. The molecule has 26 heavy (non-hydrogen) atoms. The van der Waals surface area contributed by atoms with Gasteiger partial charge < -0.3 is 9.47 Å². The van der Waals surface area contributed by atoms with Gasteiger partial charge in [0.05, 0.1) is 17.9 Å². The fourth-order valence-electron chi connectivity index (χ4n) is 11.6. The molecule has 1 aliphatic heterocycles. The van der Waals surface area contributed by atoms with Gasteiger partial charge in [0.2, 0.25) is 0 Å². The van der Waals surface area contributed by atoms with Crippen molar-refractivity contribution in [1.29, 1.82) is 0 Å². The van der Waals surface area contributed by atoms with E-state index >= 15 is 0 Å². The number of hydrogen-bond acceptors (Lipinski definition) is 5. The number of Topliss-reactive ketones (excluding diaryl/α,β-unsaturated/α-hetero) is 1. The Balaban J connectivity index is 1.48. The molecule has 8 bridgehead atoms. The van der Waals surface area contributed by atoms with Gasteiger partial charge in [0.25, 0.3) is 0 Å². The van der Waals surface area contributed by atoms with Crippen LogP contribution in [0.15, 0.2) is 0 Å². The highest BCUT2D eigenvalue weighted by atomic mass is 16.6. The highest BCUT2D eigenvalue weighted by Crippen LogP contribution is 2.98. The second-order valence-electron chi connectivity index (χ2n) is 10.4. The van der Waals surface area contributed by atoms with Gasteiger partial charge in [-0.2, -0.15) is 0 Å². The Kier molecular flexibility index (Phi) is 1.86. The molecule has 0 unspecified atom stereocenters. The standard InChI is InChI=1S/C21H22O5/c1-25-18(23)20-15-7-3-5-9-11(7)17-13(15)12-14(21(17,20)19(24)26-9)6-2-4-8(22)10(6)16(12)20/h6-7,9-17H,2-5H2,1H3/t6-,7+,9+,10+,11+,12-,13+,14-,15-,16-,17+,20+,21+/m0/s1. The van der Waals surface area contributed by atoms with Crippen molar-refractivity contribution in [2.45, 2.75) is 31.8 Å². The third-order valence-corrected chi connectivity index (χ3v) is 11.0. The Morgan fingerprint density at radius 1 is 1.00 bits per heavy atom. The van der Waals surface area contributed by atoms with E-state index in [4.69, 9.17) is 9.47 Å². The molecule has 0 radical (unpaired) electrons. The number of rotatable bonds is 1. The van der Waals surface area contributed by atoms with Gasteiger partial charge in [-0.15, -0.1) is 0 Å². The number of carbonyl (C=O) groups is 3. The van der Waals surface area contributed by atoms with Crippen LogP contribution in [0.3, 0.4) is 0 Å². The summed E-state index contributed by atoms with van der Waals surface area (Å²) >= 11 is 0. The quantitative estimate of drug-likeness (QED) is 0.667. The van der Waals surface area contributed by atoms with Crippen molar-refractivity contribution in [2.75, 3.05) is 7.11 Å². The van der Waals surface area contributed by atoms with Gasteiger partial charge in [-0.1, -0.05) is 0 Å². The first-order valence-electron chi connectivity index (χ1n) is 10.4. The smallest absolute Gasteiger partial charge is 0.314 e. The molecule has 8 saturated carbocycles. The molecule has 13 atom stereocenters. The van der Waals surface area contributed by atoms with Crippen molar-refractivity contribution < 1.29 is 23.9 Å². The third-order valence-electron chi connectivity index (χ3n) is 11.0. The van der Waals surface area contributed by atoms with Crippen molar-refractivity contribution in [2.24, 2.45) is 70.0 Å². The van der Waals surface area contributed by atoms with E-state index in [1.165, 1.54) is 7.11 Å². The second-order valence-corrected chi connectivity index (χ2v) is 10.4. The molecule has 1 heterocycles. The van der Waals surface area contributed by atoms with Gasteiger partial charge in [-0.05, 0) is 66.6 Å². The molecule has 0 N–H and O–H groups in total. The molecule has 1 saturated heterocycles. The fourth-order valence-corrected chi connectivity index (χ4v) is 11.6. The summed E-state index contributed by atoms with van der Waals surface area (Å²) in [5.74, 6) is 3.06. The summed E-state index contributed by atoms with van der Waals surface area (Å²) in [6.45, 7) is 0. The van der Waals surface area contributed by atoms with E-state index in [0.717, 1.165) is 19.3 Å². The van der Waals surface area contributed by atoms with Crippen molar-refractivity contribution >= 4 is 17.7 Å². The SMILES string of the molecule is COC(=O)[C@]12[C@H]3[C@@H]4CC[C@H]5OC(=O)[C@@]16[C@@H]([C@@H]3[C@H]1[C@@H]6[C@H]3CCC(=O)[C@@H]3[C@@H]12)[C@H]45. The minimum absolute atomic E-state index is 0.00616. The van der Waals surface area contributed by atoms with Crippen LogP contribution in [-0.4, -0.2) is 30.9 Å². The minimum Gasteiger partial charge on any atom is -0.469 e. The van der Waals surface area contributed by atoms with E-state index in [0.29, 0.717) is 47.7 Å². The van der Waals surface area contributed by atoms with Gasteiger partial charge in [-0.3, -0.25) is 14.4 Å². The van der Waals surface area contributed by atoms with Crippen molar-refractivity contribution in [3.8, 4) is 0 Å². The zero-order chi connectivity index (χ0) is 17.3. The monoisotopic (exact) mass is 354 g/mol. The average molecular weight is 354 g/mol. The molecule has 8 aliphatic carbocycles. The summed E-state index contributed by atoms with van der Waals surface area (Å²) in [5, 5.41) is 0. The molecule has 0 aromatic carbocycles. The molecule has 5 nitrogen and oxygen atoms in total. The van der Waals surface area contributed by atoms with Crippen LogP contribution in [0.4, 0.5) is 0 Å². The van der Waals surface area contributed by atoms with Crippen molar-refractivity contribution in [3.05, 3.63) is 0 Å². The second kappa shape index (κ2) is 3.51. The summed E-state index contributed by atoms with van der Waals surface area (Å²) in [5.41, 5.74) is -1.40. The van der Waals surface area contributed by atoms with Crippen LogP contribution in [0.1, 0.15) is 25.7 Å². The topological polar surface area (TPSA) is 69.7 Å². The van der Waals surface area contributed by atoms with Gasteiger partial charge in [0, 0.05) is 18.3 Å². The average Bonchev–Trinajstić information content (AvgIpc) is 3.41. The number of hydrogen-bond donors (Lipinski definition) is 0. The number of ether oxygens (including phenoxy) is 2. The van der Waals surface area contributed by atoms with Crippen molar-refractivity contribution in [3.63, 3.8) is 0 Å². The Bertz CT molecular complexity index is 849. The fraction of sp³-hybridized carbons (Fsp3) is 0.857. The molecule has 0 amide bonds. The Morgan fingerprint density at radius 3 is 2.62 bits per heavy atom. The molecule has 136 valence electrons. The Labute approximate surface area is 151 Å². The van der Waals surface area contributed by atoms with Crippen LogP contribution in [0.25, 0.3) is 0 Å². The van der Waals surface area contributed by atoms with Crippen LogP contribution in [0.2, 0.25) is 0 Å². The molecule has 9 rings (SSSR count). The van der Waals surface area contributed by atoms with Crippen LogP contribution in [-0.2, 0) is 23.9 Å². The predicted molar refractivity (Wildman–Crippen MR) is 85.1 cm³/mol. The number of carbonyl (C=O) groups excluding carboxylic acids is 3. The van der Waals surface area contributed by atoms with Gasteiger partial charge in [-0.25, -0.2) is 0 Å². The summed E-state index contributed by atoms with van der Waals surface area (Å²) in [4.78, 5) is 39.9. The molecule has 5 heteroatoms. The zero-order valence-electron chi connectivity index (χ0n) is 14.7. The number of fused-ring (bicyclic) bond motifs is 1. The van der Waals surface area contributed by atoms with E-state index in [2.05, 4.69) is 0 Å². The van der Waals surface area contributed by atoms with Gasteiger partial charge in [0.15, 0.2) is 0 Å². The lowest BCUT2D eigenvalue weighted by Crippen LogP contribution is -2.68. The summed E-state index contributed by atoms with van der Waals surface area (Å²) in [6, 6.07) is 0. The first kappa shape index (κ1) is 13.7. The molecule has 9 aliphatic rings. The Hall–Kier alpha value is -1.39. The van der Waals surface area contributed by atoms with Crippen LogP contribution in [0.5, 0.6) is 0 Å². The van der Waals surface area contributed by atoms with Gasteiger partial charge >= 0.3 is 11.9 Å². The number of methoxy groups -OCH3 is 1. The van der Waals surface area contributed by atoms with E-state index < -0.39 is 10.8 Å². The van der Waals surface area contributed by atoms with E-state index in [-0.39, 0.29) is 41.7 Å². The zero-order valence-corrected chi connectivity index (χ0v) is 14.7. The van der Waals surface area contributed by atoms with Gasteiger partial charge in [0.1, 0.15) is 11.9 Å². The predicted octanol–water partition coefficient (Wildman–Crippen LogP) is 1.44. The minimum atomic E-state index is -0.749. The van der Waals surface area contributed by atoms with Crippen molar-refractivity contribution in [1.82, 2.24) is 0 Å². The summed E-state index contributed by atoms with van der Waals surface area (Å²) in [7, 11) is 1.47. The summed E-state index contributed by atoms with van der Waals surface area (Å²) < 4.78 is 11.5. The number of ketones is 1. The maximum Gasteiger partial charge on any atom is 0.314 e. The normalized spacial score (nSPS) is 68.9. The Morgan fingerprint density at radius 2 is 1.81 bits per heavy atom. The largest absolute Gasteiger partial charge is 0.469 e. The first-order chi connectivity index (χ1) is 12.6. The third kappa shape index (κ3) is 0.848. The molecule has 0 aromatic rings. The molecular formula is C21H22O5. The van der Waals surface area contributed by atoms with Crippen LogP contribution >= 0.6 is 0 Å².